The van der Waals surface area contributed by atoms with E-state index in [9.17, 15) is 12.8 Å². The summed E-state index contributed by atoms with van der Waals surface area (Å²) in [7, 11) is -3.74. The summed E-state index contributed by atoms with van der Waals surface area (Å²) >= 11 is 0. The molecule has 0 aromatic heterocycles. The molecule has 0 atom stereocenters. The highest BCUT2D eigenvalue weighted by Gasteiger charge is 2.08. The van der Waals surface area contributed by atoms with Gasteiger partial charge in [-0.1, -0.05) is 24.3 Å². The van der Waals surface area contributed by atoms with Gasteiger partial charge in [0.25, 0.3) is 0 Å². The van der Waals surface area contributed by atoms with E-state index in [2.05, 4.69) is 0 Å². The van der Waals surface area contributed by atoms with Crippen molar-refractivity contribution in [2.24, 2.45) is 5.14 Å². The number of benzene rings is 2. The number of hydrogen-bond donors (Lipinski definition) is 1. The second-order valence-corrected chi connectivity index (χ2v) is 5.14. The first kappa shape index (κ1) is 11.8. The van der Waals surface area contributed by atoms with Gasteiger partial charge in [0.05, 0.1) is 4.90 Å². The first-order chi connectivity index (χ1) is 7.97. The molecule has 0 radical (unpaired) electrons. The minimum atomic E-state index is -3.74. The first-order valence-electron chi connectivity index (χ1n) is 4.85. The van der Waals surface area contributed by atoms with E-state index in [-0.39, 0.29) is 10.7 Å². The fourth-order valence-corrected chi connectivity index (χ4v) is 2.08. The van der Waals surface area contributed by atoms with Crippen LogP contribution in [0.1, 0.15) is 0 Å². The zero-order valence-corrected chi connectivity index (χ0v) is 9.62. The molecule has 3 nitrogen and oxygen atoms in total. The maximum Gasteiger partial charge on any atom is 0.238 e. The Morgan fingerprint density at radius 2 is 1.53 bits per heavy atom. The van der Waals surface area contributed by atoms with E-state index in [0.29, 0.717) is 11.1 Å². The number of sulfonamides is 1. The minimum absolute atomic E-state index is 0.0132. The summed E-state index contributed by atoms with van der Waals surface area (Å²) in [6, 6.07) is 12.0. The van der Waals surface area contributed by atoms with Crippen molar-refractivity contribution in [3.05, 3.63) is 54.3 Å². The quantitative estimate of drug-likeness (QED) is 0.888. The fourth-order valence-electron chi connectivity index (χ4n) is 1.52. The van der Waals surface area contributed by atoms with Crippen molar-refractivity contribution in [3.8, 4) is 11.1 Å². The van der Waals surface area contributed by atoms with Gasteiger partial charge in [-0.3, -0.25) is 0 Å². The van der Waals surface area contributed by atoms with Gasteiger partial charge in [-0.05, 0) is 35.4 Å². The third-order valence-electron chi connectivity index (χ3n) is 2.32. The summed E-state index contributed by atoms with van der Waals surface area (Å²) < 4.78 is 35.4. The second-order valence-electron chi connectivity index (χ2n) is 3.58. The molecule has 2 rings (SSSR count). The molecule has 88 valence electrons. The normalized spacial score (nSPS) is 11.4. The second kappa shape index (κ2) is 4.27. The summed E-state index contributed by atoms with van der Waals surface area (Å²) in [5.41, 5.74) is 1.21. The molecule has 0 amide bonds. The molecule has 0 aliphatic rings. The van der Waals surface area contributed by atoms with Crippen LogP contribution in [0.5, 0.6) is 0 Å². The molecule has 0 bridgehead atoms. The van der Waals surface area contributed by atoms with Gasteiger partial charge < -0.3 is 0 Å². The molecule has 0 spiro atoms. The lowest BCUT2D eigenvalue weighted by atomic mass is 10.1. The van der Waals surface area contributed by atoms with Gasteiger partial charge in [-0.2, -0.15) is 0 Å². The van der Waals surface area contributed by atoms with Gasteiger partial charge >= 0.3 is 0 Å². The van der Waals surface area contributed by atoms with Crippen molar-refractivity contribution >= 4 is 10.0 Å². The Kier molecular flexibility index (Phi) is 2.95. The molecule has 2 aromatic carbocycles. The monoisotopic (exact) mass is 251 g/mol. The molecule has 0 unspecified atom stereocenters. The molecule has 17 heavy (non-hydrogen) atoms. The molecule has 2 N–H and O–H groups in total. The van der Waals surface area contributed by atoms with Crippen molar-refractivity contribution in [3.63, 3.8) is 0 Å². The van der Waals surface area contributed by atoms with E-state index in [1.54, 1.807) is 24.3 Å². The van der Waals surface area contributed by atoms with E-state index >= 15 is 0 Å². The average Bonchev–Trinajstić information content (AvgIpc) is 2.28. The van der Waals surface area contributed by atoms with Gasteiger partial charge in [0.2, 0.25) is 10.0 Å². The highest BCUT2D eigenvalue weighted by atomic mass is 32.2. The predicted octanol–water partition coefficient (Wildman–Crippen LogP) is 2.14. The van der Waals surface area contributed by atoms with Gasteiger partial charge in [0.1, 0.15) is 5.82 Å². The van der Waals surface area contributed by atoms with Gasteiger partial charge in [-0.15, -0.1) is 0 Å². The zero-order valence-electron chi connectivity index (χ0n) is 8.80. The van der Waals surface area contributed by atoms with E-state index < -0.39 is 10.0 Å². The summed E-state index contributed by atoms with van der Waals surface area (Å²) in [5, 5.41) is 5.03. The van der Waals surface area contributed by atoms with Crippen LogP contribution < -0.4 is 5.14 Å². The number of hydrogen-bond acceptors (Lipinski definition) is 2. The Labute approximate surface area is 98.8 Å². The molecule has 2 aromatic rings. The number of nitrogens with two attached hydrogens (primary N) is 1. The van der Waals surface area contributed by atoms with E-state index in [1.165, 1.54) is 24.3 Å². The van der Waals surface area contributed by atoms with Crippen molar-refractivity contribution in [2.75, 3.05) is 0 Å². The molecule has 0 aliphatic carbocycles. The summed E-state index contributed by atoms with van der Waals surface area (Å²) in [6.45, 7) is 0. The van der Waals surface area contributed by atoms with Crippen LogP contribution in [0.4, 0.5) is 4.39 Å². The Morgan fingerprint density at radius 1 is 0.941 bits per heavy atom. The summed E-state index contributed by atoms with van der Waals surface area (Å²) in [4.78, 5) is 0.0132. The Morgan fingerprint density at radius 3 is 2.12 bits per heavy atom. The van der Waals surface area contributed by atoms with Crippen molar-refractivity contribution in [2.45, 2.75) is 4.90 Å². The topological polar surface area (TPSA) is 60.2 Å². The molecule has 0 fully saturated rings. The van der Waals surface area contributed by atoms with Crippen molar-refractivity contribution < 1.29 is 12.8 Å². The van der Waals surface area contributed by atoms with Crippen molar-refractivity contribution in [1.29, 1.82) is 0 Å². The standard InChI is InChI=1S/C12H10FNO2S/c13-11-5-1-3-9(7-11)10-4-2-6-12(8-10)17(14,15)16/h1-8H,(H2,14,15,16). The molecule has 0 saturated carbocycles. The third-order valence-corrected chi connectivity index (χ3v) is 3.23. The zero-order chi connectivity index (χ0) is 12.5. The van der Waals surface area contributed by atoms with Gasteiger partial charge in [0.15, 0.2) is 0 Å². The van der Waals surface area contributed by atoms with E-state index in [1.807, 2.05) is 0 Å². The van der Waals surface area contributed by atoms with Crippen LogP contribution in [0.15, 0.2) is 53.4 Å². The minimum Gasteiger partial charge on any atom is -0.225 e. The summed E-state index contributed by atoms with van der Waals surface area (Å²) in [5.74, 6) is -0.372. The van der Waals surface area contributed by atoms with Crippen LogP contribution in [-0.4, -0.2) is 8.42 Å². The fraction of sp³-hybridized carbons (Fsp3) is 0. The van der Waals surface area contributed by atoms with Crippen LogP contribution in [0.25, 0.3) is 11.1 Å². The third kappa shape index (κ3) is 2.69. The molecular weight excluding hydrogens is 241 g/mol. The van der Waals surface area contributed by atoms with Crippen LogP contribution in [-0.2, 0) is 10.0 Å². The average molecular weight is 251 g/mol. The molecular formula is C12H10FNO2S. The van der Waals surface area contributed by atoms with Crippen molar-refractivity contribution in [1.82, 2.24) is 0 Å². The lowest BCUT2D eigenvalue weighted by Crippen LogP contribution is -2.11. The molecule has 5 heteroatoms. The van der Waals surface area contributed by atoms with Crippen LogP contribution in [0.3, 0.4) is 0 Å². The lowest BCUT2D eigenvalue weighted by Gasteiger charge is -2.04. The number of rotatable bonds is 2. The predicted molar refractivity (Wildman–Crippen MR) is 63.2 cm³/mol. The first-order valence-corrected chi connectivity index (χ1v) is 6.40. The Hall–Kier alpha value is -1.72. The lowest BCUT2D eigenvalue weighted by molar-refractivity contribution is 0.598. The summed E-state index contributed by atoms with van der Waals surface area (Å²) in [6.07, 6.45) is 0. The van der Waals surface area contributed by atoms with Gasteiger partial charge in [-0.25, -0.2) is 17.9 Å². The maximum absolute atomic E-state index is 13.0. The van der Waals surface area contributed by atoms with Crippen LogP contribution in [0, 0.1) is 5.82 Å². The number of halogens is 1. The van der Waals surface area contributed by atoms with E-state index in [4.69, 9.17) is 5.14 Å². The number of primary sulfonamides is 1. The Bertz CT molecular complexity index is 653. The highest BCUT2D eigenvalue weighted by Crippen LogP contribution is 2.22. The van der Waals surface area contributed by atoms with Crippen LogP contribution in [0.2, 0.25) is 0 Å². The molecule has 0 heterocycles. The van der Waals surface area contributed by atoms with E-state index in [0.717, 1.165) is 0 Å². The largest absolute Gasteiger partial charge is 0.238 e. The highest BCUT2D eigenvalue weighted by molar-refractivity contribution is 7.89. The molecule has 0 saturated heterocycles. The maximum atomic E-state index is 13.0. The molecule has 0 aliphatic heterocycles. The smallest absolute Gasteiger partial charge is 0.225 e. The SMILES string of the molecule is NS(=O)(=O)c1cccc(-c2cccc(F)c2)c1. The Balaban J connectivity index is 2.54. The van der Waals surface area contributed by atoms with Gasteiger partial charge in [0, 0.05) is 0 Å². The van der Waals surface area contributed by atoms with Crippen LogP contribution >= 0.6 is 0 Å².